The monoisotopic (exact) mass is 276 g/mol. The zero-order valence-electron chi connectivity index (χ0n) is 10.6. The number of hydrogen-bond donors (Lipinski definition) is 1. The Balaban J connectivity index is 2.36. The lowest BCUT2D eigenvalue weighted by Crippen LogP contribution is -2.47. The summed E-state index contributed by atoms with van der Waals surface area (Å²) in [6, 6.07) is 1.20. The fourth-order valence-corrected chi connectivity index (χ4v) is 2.34. The number of halogens is 4. The van der Waals surface area contributed by atoms with Gasteiger partial charge in [-0.3, -0.25) is 4.90 Å². The van der Waals surface area contributed by atoms with Crippen LogP contribution in [0.2, 0.25) is 0 Å². The highest BCUT2D eigenvalue weighted by molar-refractivity contribution is 5.28. The fourth-order valence-electron chi connectivity index (χ4n) is 2.34. The fraction of sp³-hybridized carbons (Fsp3) is 0.538. The molecular weight excluding hydrogens is 260 g/mol. The first kappa shape index (κ1) is 14.3. The molecule has 1 aromatic rings. The Bertz CT molecular complexity index is 445. The van der Waals surface area contributed by atoms with Gasteiger partial charge >= 0.3 is 0 Å². The van der Waals surface area contributed by atoms with Gasteiger partial charge in [0.15, 0.2) is 11.6 Å². The van der Waals surface area contributed by atoms with Crippen LogP contribution in [0.15, 0.2) is 12.1 Å². The summed E-state index contributed by atoms with van der Waals surface area (Å²) in [6.45, 7) is 3.33. The summed E-state index contributed by atoms with van der Waals surface area (Å²) in [5, 5.41) is 3.04. The molecule has 106 valence electrons. The van der Waals surface area contributed by atoms with E-state index in [1.54, 1.807) is 0 Å². The molecule has 2 rings (SSSR count). The molecule has 1 heterocycles. The van der Waals surface area contributed by atoms with Crippen LogP contribution in [-0.2, 0) is 0 Å². The van der Waals surface area contributed by atoms with Crippen LogP contribution in [-0.4, -0.2) is 37.5 Å². The standard InChI is InChI=1S/C13H16F4N2/c1-8-2-3-9(11(15)10(8)14)12(13(16)17)19-6-4-18-5-7-19/h2-3,12-13,18H,4-7H2,1H3/t12-/m0/s1. The molecule has 0 saturated carbocycles. The van der Waals surface area contributed by atoms with Gasteiger partial charge in [-0.25, -0.2) is 17.6 Å². The minimum Gasteiger partial charge on any atom is -0.314 e. The van der Waals surface area contributed by atoms with Crippen molar-refractivity contribution in [2.24, 2.45) is 0 Å². The second-order valence-corrected chi connectivity index (χ2v) is 4.66. The first-order valence-corrected chi connectivity index (χ1v) is 6.19. The van der Waals surface area contributed by atoms with Crippen LogP contribution < -0.4 is 5.32 Å². The maximum absolute atomic E-state index is 13.9. The molecule has 0 unspecified atom stereocenters. The topological polar surface area (TPSA) is 15.3 Å². The number of benzene rings is 1. The third-order valence-electron chi connectivity index (χ3n) is 3.41. The Morgan fingerprint density at radius 3 is 2.32 bits per heavy atom. The van der Waals surface area contributed by atoms with Crippen molar-refractivity contribution < 1.29 is 17.6 Å². The molecule has 0 radical (unpaired) electrons. The maximum atomic E-state index is 13.9. The van der Waals surface area contributed by atoms with E-state index < -0.39 is 24.1 Å². The summed E-state index contributed by atoms with van der Waals surface area (Å²) in [6.07, 6.45) is -2.75. The summed E-state index contributed by atoms with van der Waals surface area (Å²) in [4.78, 5) is 1.49. The number of nitrogens with zero attached hydrogens (tertiary/aromatic N) is 1. The van der Waals surface area contributed by atoms with Crippen molar-refractivity contribution in [3.8, 4) is 0 Å². The van der Waals surface area contributed by atoms with Gasteiger partial charge < -0.3 is 5.32 Å². The third kappa shape index (κ3) is 2.90. The van der Waals surface area contributed by atoms with E-state index in [-0.39, 0.29) is 11.1 Å². The number of alkyl halides is 2. The van der Waals surface area contributed by atoms with Crippen LogP contribution >= 0.6 is 0 Å². The van der Waals surface area contributed by atoms with Gasteiger partial charge in [-0.05, 0) is 12.5 Å². The van der Waals surface area contributed by atoms with E-state index in [9.17, 15) is 17.6 Å². The van der Waals surface area contributed by atoms with Gasteiger partial charge in [0.05, 0.1) is 6.04 Å². The highest BCUT2D eigenvalue weighted by Crippen LogP contribution is 2.31. The van der Waals surface area contributed by atoms with E-state index in [2.05, 4.69) is 5.32 Å². The molecule has 1 aliphatic heterocycles. The van der Waals surface area contributed by atoms with Crippen LogP contribution in [0, 0.1) is 18.6 Å². The average molecular weight is 276 g/mol. The molecule has 1 atom stereocenters. The smallest absolute Gasteiger partial charge is 0.258 e. The quantitative estimate of drug-likeness (QED) is 0.853. The molecule has 1 saturated heterocycles. The molecule has 1 aromatic carbocycles. The lowest BCUT2D eigenvalue weighted by atomic mass is 10.0. The van der Waals surface area contributed by atoms with E-state index in [0.29, 0.717) is 26.2 Å². The van der Waals surface area contributed by atoms with E-state index in [4.69, 9.17) is 0 Å². The van der Waals surface area contributed by atoms with Crippen molar-refractivity contribution in [3.63, 3.8) is 0 Å². The molecule has 2 nitrogen and oxygen atoms in total. The summed E-state index contributed by atoms with van der Waals surface area (Å²) in [5.74, 6) is -2.21. The first-order chi connectivity index (χ1) is 9.02. The molecule has 19 heavy (non-hydrogen) atoms. The predicted octanol–water partition coefficient (Wildman–Crippen LogP) is 2.48. The molecule has 0 aliphatic carbocycles. The zero-order valence-corrected chi connectivity index (χ0v) is 10.6. The van der Waals surface area contributed by atoms with Crippen molar-refractivity contribution in [3.05, 3.63) is 34.9 Å². The second-order valence-electron chi connectivity index (χ2n) is 4.66. The lowest BCUT2D eigenvalue weighted by Gasteiger charge is -2.34. The Labute approximate surface area is 109 Å². The Morgan fingerprint density at radius 1 is 1.11 bits per heavy atom. The van der Waals surface area contributed by atoms with Crippen molar-refractivity contribution in [1.82, 2.24) is 10.2 Å². The van der Waals surface area contributed by atoms with Gasteiger partial charge in [0.25, 0.3) is 6.43 Å². The number of aryl methyl sites for hydroxylation is 1. The number of hydrogen-bond acceptors (Lipinski definition) is 2. The van der Waals surface area contributed by atoms with E-state index >= 15 is 0 Å². The molecule has 1 N–H and O–H groups in total. The predicted molar refractivity (Wildman–Crippen MR) is 64.3 cm³/mol. The Hall–Kier alpha value is -1.14. The molecule has 0 spiro atoms. The van der Waals surface area contributed by atoms with E-state index in [0.717, 1.165) is 0 Å². The minimum atomic E-state index is -2.75. The molecule has 1 fully saturated rings. The van der Waals surface area contributed by atoms with Crippen LogP contribution in [0.25, 0.3) is 0 Å². The van der Waals surface area contributed by atoms with Gasteiger partial charge in [-0.1, -0.05) is 12.1 Å². The summed E-state index contributed by atoms with van der Waals surface area (Å²) in [7, 11) is 0. The molecule has 6 heteroatoms. The summed E-state index contributed by atoms with van der Waals surface area (Å²) < 4.78 is 53.9. The van der Waals surface area contributed by atoms with Crippen LogP contribution in [0.4, 0.5) is 17.6 Å². The molecule has 0 aromatic heterocycles. The first-order valence-electron chi connectivity index (χ1n) is 6.19. The van der Waals surface area contributed by atoms with Crippen molar-refractivity contribution in [1.29, 1.82) is 0 Å². The SMILES string of the molecule is Cc1ccc([C@@H](C(F)F)N2CCNCC2)c(F)c1F. The molecular formula is C13H16F4N2. The number of piperazine rings is 1. The molecule has 0 amide bonds. The minimum absolute atomic E-state index is 0.120. The van der Waals surface area contributed by atoms with Gasteiger partial charge in [0, 0.05) is 31.7 Å². The van der Waals surface area contributed by atoms with Crippen molar-refractivity contribution in [2.45, 2.75) is 19.4 Å². The maximum Gasteiger partial charge on any atom is 0.258 e. The van der Waals surface area contributed by atoms with Gasteiger partial charge in [0.1, 0.15) is 0 Å². The third-order valence-corrected chi connectivity index (χ3v) is 3.41. The largest absolute Gasteiger partial charge is 0.314 e. The highest BCUT2D eigenvalue weighted by Gasteiger charge is 2.33. The highest BCUT2D eigenvalue weighted by atomic mass is 19.3. The molecule has 1 aliphatic rings. The van der Waals surface area contributed by atoms with E-state index in [1.165, 1.54) is 24.0 Å². The van der Waals surface area contributed by atoms with Crippen LogP contribution in [0.1, 0.15) is 17.2 Å². The number of rotatable bonds is 3. The average Bonchev–Trinajstić information content (AvgIpc) is 2.40. The summed E-state index contributed by atoms with van der Waals surface area (Å²) in [5.41, 5.74) is -0.144. The number of nitrogens with one attached hydrogen (secondary N) is 1. The normalized spacial score (nSPS) is 18.8. The Kier molecular flexibility index (Phi) is 4.42. The van der Waals surface area contributed by atoms with Gasteiger partial charge in [-0.2, -0.15) is 0 Å². The Morgan fingerprint density at radius 2 is 1.74 bits per heavy atom. The second kappa shape index (κ2) is 5.88. The van der Waals surface area contributed by atoms with Crippen LogP contribution in [0.3, 0.4) is 0 Å². The molecule has 0 bridgehead atoms. The van der Waals surface area contributed by atoms with Crippen molar-refractivity contribution >= 4 is 0 Å². The van der Waals surface area contributed by atoms with Gasteiger partial charge in [-0.15, -0.1) is 0 Å². The van der Waals surface area contributed by atoms with Crippen molar-refractivity contribution in [2.75, 3.05) is 26.2 Å². The summed E-state index contributed by atoms with van der Waals surface area (Å²) >= 11 is 0. The lowest BCUT2D eigenvalue weighted by molar-refractivity contribution is 0.0161. The zero-order chi connectivity index (χ0) is 14.0. The van der Waals surface area contributed by atoms with E-state index in [1.807, 2.05) is 0 Å². The van der Waals surface area contributed by atoms with Crippen LogP contribution in [0.5, 0.6) is 0 Å². The van der Waals surface area contributed by atoms with Gasteiger partial charge in [0.2, 0.25) is 0 Å².